The average molecular weight is 329 g/mol. The highest BCUT2D eigenvalue weighted by atomic mass is 79.9. The highest BCUT2D eigenvalue weighted by molar-refractivity contribution is 9.10. The first-order chi connectivity index (χ1) is 8.95. The SMILES string of the molecule is CC(C)C1(C(=O)Nc2ccc(Br)cc2F)CCNC1. The number of anilines is 1. The van der Waals surface area contributed by atoms with Crippen molar-refractivity contribution < 1.29 is 9.18 Å². The third-order valence-corrected chi connectivity index (χ3v) is 4.42. The smallest absolute Gasteiger partial charge is 0.232 e. The zero-order valence-corrected chi connectivity index (χ0v) is 12.7. The Hall–Kier alpha value is -0.940. The van der Waals surface area contributed by atoms with E-state index >= 15 is 0 Å². The van der Waals surface area contributed by atoms with E-state index in [1.807, 2.05) is 13.8 Å². The molecule has 2 N–H and O–H groups in total. The molecule has 1 heterocycles. The van der Waals surface area contributed by atoms with Gasteiger partial charge >= 0.3 is 0 Å². The monoisotopic (exact) mass is 328 g/mol. The van der Waals surface area contributed by atoms with Gasteiger partial charge in [0, 0.05) is 11.0 Å². The molecule has 104 valence electrons. The van der Waals surface area contributed by atoms with Crippen molar-refractivity contribution >= 4 is 27.5 Å². The first-order valence-electron chi connectivity index (χ1n) is 6.43. The fourth-order valence-corrected chi connectivity index (χ4v) is 2.83. The lowest BCUT2D eigenvalue weighted by atomic mass is 9.75. The third-order valence-electron chi connectivity index (χ3n) is 3.93. The predicted octanol–water partition coefficient (Wildman–Crippen LogP) is 3.16. The van der Waals surface area contributed by atoms with Crippen molar-refractivity contribution in [3.8, 4) is 0 Å². The Morgan fingerprint density at radius 3 is 2.79 bits per heavy atom. The Morgan fingerprint density at radius 1 is 1.53 bits per heavy atom. The Balaban J connectivity index is 2.20. The van der Waals surface area contributed by atoms with Crippen LogP contribution >= 0.6 is 15.9 Å². The molecule has 0 bridgehead atoms. The van der Waals surface area contributed by atoms with Crippen LogP contribution in [0.1, 0.15) is 20.3 Å². The van der Waals surface area contributed by atoms with Gasteiger partial charge in [0.25, 0.3) is 0 Å². The van der Waals surface area contributed by atoms with Crippen LogP contribution in [0.5, 0.6) is 0 Å². The molecule has 2 rings (SSSR count). The number of nitrogens with one attached hydrogen (secondary N) is 2. The van der Waals surface area contributed by atoms with Crippen LogP contribution in [0.4, 0.5) is 10.1 Å². The molecule has 1 unspecified atom stereocenters. The summed E-state index contributed by atoms with van der Waals surface area (Å²) in [6.45, 7) is 5.54. The van der Waals surface area contributed by atoms with Crippen LogP contribution in [0.25, 0.3) is 0 Å². The molecule has 5 heteroatoms. The molecular formula is C14H18BrFN2O. The summed E-state index contributed by atoms with van der Waals surface area (Å²) in [6, 6.07) is 4.64. The van der Waals surface area contributed by atoms with E-state index in [1.54, 1.807) is 12.1 Å². The van der Waals surface area contributed by atoms with E-state index in [0.29, 0.717) is 11.0 Å². The number of carbonyl (C=O) groups excluding carboxylic acids is 1. The second kappa shape index (κ2) is 5.59. The molecule has 1 fully saturated rings. The summed E-state index contributed by atoms with van der Waals surface area (Å²) in [6.07, 6.45) is 0.786. The van der Waals surface area contributed by atoms with Crippen molar-refractivity contribution in [2.45, 2.75) is 20.3 Å². The molecule has 0 radical (unpaired) electrons. The Bertz CT molecular complexity index is 484. The van der Waals surface area contributed by atoms with Gasteiger partial charge in [0.2, 0.25) is 5.91 Å². The molecule has 1 aliphatic rings. The largest absolute Gasteiger partial charge is 0.323 e. The molecule has 0 spiro atoms. The lowest BCUT2D eigenvalue weighted by Crippen LogP contribution is -2.42. The lowest BCUT2D eigenvalue weighted by molar-refractivity contribution is -0.126. The molecule has 1 aromatic rings. The highest BCUT2D eigenvalue weighted by Gasteiger charge is 2.44. The van der Waals surface area contributed by atoms with Crippen LogP contribution in [0.15, 0.2) is 22.7 Å². The van der Waals surface area contributed by atoms with E-state index in [4.69, 9.17) is 0 Å². The number of amides is 1. The number of benzene rings is 1. The maximum absolute atomic E-state index is 13.8. The number of halogens is 2. The minimum Gasteiger partial charge on any atom is -0.323 e. The van der Waals surface area contributed by atoms with Gasteiger partial charge in [-0.3, -0.25) is 4.79 Å². The molecule has 1 aliphatic heterocycles. The van der Waals surface area contributed by atoms with Gasteiger partial charge in [-0.1, -0.05) is 29.8 Å². The van der Waals surface area contributed by atoms with E-state index in [0.717, 1.165) is 13.0 Å². The third kappa shape index (κ3) is 2.82. The standard InChI is InChI=1S/C14H18BrFN2O/c1-9(2)14(5-6-17-8-14)13(19)18-12-4-3-10(15)7-11(12)16/h3-4,7,9,17H,5-6,8H2,1-2H3,(H,18,19). The maximum atomic E-state index is 13.8. The van der Waals surface area contributed by atoms with Gasteiger partial charge in [-0.15, -0.1) is 0 Å². The number of carbonyl (C=O) groups is 1. The molecule has 1 saturated heterocycles. The van der Waals surface area contributed by atoms with Gasteiger partial charge < -0.3 is 10.6 Å². The summed E-state index contributed by atoms with van der Waals surface area (Å²) in [5, 5.41) is 5.95. The normalized spacial score (nSPS) is 22.8. The molecule has 19 heavy (non-hydrogen) atoms. The Kier molecular flexibility index (Phi) is 4.26. The molecule has 1 aromatic carbocycles. The van der Waals surface area contributed by atoms with Crippen LogP contribution in [0.3, 0.4) is 0 Å². The molecule has 1 amide bonds. The predicted molar refractivity (Wildman–Crippen MR) is 77.5 cm³/mol. The van der Waals surface area contributed by atoms with E-state index in [1.165, 1.54) is 6.07 Å². The summed E-state index contributed by atoms with van der Waals surface area (Å²) in [7, 11) is 0. The molecule has 3 nitrogen and oxygen atoms in total. The molecule has 0 aromatic heterocycles. The van der Waals surface area contributed by atoms with Gasteiger partial charge in [0.1, 0.15) is 5.82 Å². The van der Waals surface area contributed by atoms with Crippen molar-refractivity contribution in [2.24, 2.45) is 11.3 Å². The molecule has 0 saturated carbocycles. The summed E-state index contributed by atoms with van der Waals surface area (Å²) in [5.41, 5.74) is -0.209. The van der Waals surface area contributed by atoms with Gasteiger partial charge in [-0.2, -0.15) is 0 Å². The van der Waals surface area contributed by atoms with Gasteiger partial charge in [-0.25, -0.2) is 4.39 Å². The van der Waals surface area contributed by atoms with E-state index in [9.17, 15) is 9.18 Å². The first-order valence-corrected chi connectivity index (χ1v) is 7.22. The molecular weight excluding hydrogens is 311 g/mol. The van der Waals surface area contributed by atoms with Crippen molar-refractivity contribution in [1.29, 1.82) is 0 Å². The summed E-state index contributed by atoms with van der Waals surface area (Å²) in [5.74, 6) is -0.317. The minimum absolute atomic E-state index is 0.103. The number of hydrogen-bond acceptors (Lipinski definition) is 2. The number of hydrogen-bond donors (Lipinski definition) is 2. The van der Waals surface area contributed by atoms with Gasteiger partial charge in [-0.05, 0) is 37.1 Å². The quantitative estimate of drug-likeness (QED) is 0.894. The van der Waals surface area contributed by atoms with Crippen molar-refractivity contribution in [3.05, 3.63) is 28.5 Å². The van der Waals surface area contributed by atoms with E-state index in [-0.39, 0.29) is 17.5 Å². The number of rotatable bonds is 3. The van der Waals surface area contributed by atoms with Crippen LogP contribution in [-0.4, -0.2) is 19.0 Å². The maximum Gasteiger partial charge on any atom is 0.232 e. The zero-order valence-electron chi connectivity index (χ0n) is 11.1. The summed E-state index contributed by atoms with van der Waals surface area (Å²) >= 11 is 3.20. The van der Waals surface area contributed by atoms with E-state index in [2.05, 4.69) is 26.6 Å². The fraction of sp³-hybridized carbons (Fsp3) is 0.500. The average Bonchev–Trinajstić information content (AvgIpc) is 2.83. The second-order valence-corrected chi connectivity index (χ2v) is 6.23. The Labute approximate surface area is 121 Å². The van der Waals surface area contributed by atoms with Gasteiger partial charge in [0.15, 0.2) is 0 Å². The summed E-state index contributed by atoms with van der Waals surface area (Å²) < 4.78 is 14.4. The second-order valence-electron chi connectivity index (χ2n) is 5.32. The highest BCUT2D eigenvalue weighted by Crippen LogP contribution is 2.35. The van der Waals surface area contributed by atoms with Crippen LogP contribution < -0.4 is 10.6 Å². The Morgan fingerprint density at radius 2 is 2.26 bits per heavy atom. The molecule has 0 aliphatic carbocycles. The van der Waals surface area contributed by atoms with Crippen LogP contribution in [0.2, 0.25) is 0 Å². The molecule has 1 atom stereocenters. The van der Waals surface area contributed by atoms with Crippen molar-refractivity contribution in [2.75, 3.05) is 18.4 Å². The fourth-order valence-electron chi connectivity index (χ4n) is 2.50. The lowest BCUT2D eigenvalue weighted by Gasteiger charge is -2.31. The zero-order chi connectivity index (χ0) is 14.0. The minimum atomic E-state index is -0.445. The van der Waals surface area contributed by atoms with Gasteiger partial charge in [0.05, 0.1) is 11.1 Å². The summed E-state index contributed by atoms with van der Waals surface area (Å²) in [4.78, 5) is 12.5. The van der Waals surface area contributed by atoms with Crippen molar-refractivity contribution in [1.82, 2.24) is 5.32 Å². The van der Waals surface area contributed by atoms with E-state index < -0.39 is 11.2 Å². The van der Waals surface area contributed by atoms with Crippen molar-refractivity contribution in [3.63, 3.8) is 0 Å². The first kappa shape index (κ1) is 14.5. The van der Waals surface area contributed by atoms with Crippen LogP contribution in [-0.2, 0) is 4.79 Å². The van der Waals surface area contributed by atoms with Crippen LogP contribution in [0, 0.1) is 17.2 Å². The topological polar surface area (TPSA) is 41.1 Å².